The molecule has 1 unspecified atom stereocenters. The molecule has 0 aliphatic rings. The van der Waals surface area contributed by atoms with Crippen LogP contribution < -0.4 is 10.9 Å². The number of rotatable bonds is 6. The summed E-state index contributed by atoms with van der Waals surface area (Å²) in [5.41, 5.74) is 4.14. The van der Waals surface area contributed by atoms with Gasteiger partial charge in [0.25, 0.3) is 5.56 Å². The summed E-state index contributed by atoms with van der Waals surface area (Å²) >= 11 is 1.22. The van der Waals surface area contributed by atoms with Crippen LogP contribution in [0.5, 0.6) is 0 Å². The lowest BCUT2D eigenvalue weighted by molar-refractivity contribution is -0.115. The van der Waals surface area contributed by atoms with E-state index >= 15 is 0 Å². The highest BCUT2D eigenvalue weighted by Crippen LogP contribution is 2.28. The molecule has 1 aromatic heterocycles. The summed E-state index contributed by atoms with van der Waals surface area (Å²) in [6.07, 6.45) is 0. The number of hydrogen-bond donors (Lipinski definition) is 1. The minimum atomic E-state index is -0.551. The number of carbonyl (C=O) groups excluding carboxylic acids is 2. The molecule has 0 bridgehead atoms. The van der Waals surface area contributed by atoms with Crippen LogP contribution in [0.15, 0.2) is 76.7 Å². The van der Waals surface area contributed by atoms with Crippen LogP contribution >= 0.6 is 11.8 Å². The van der Waals surface area contributed by atoms with Gasteiger partial charge < -0.3 is 5.32 Å². The van der Waals surface area contributed by atoms with Crippen LogP contribution in [0.1, 0.15) is 35.3 Å². The molecular formula is C27H25N3O3S. The highest BCUT2D eigenvalue weighted by Gasteiger charge is 2.22. The number of nitrogens with zero attached hydrogens (tertiary/aromatic N) is 2. The highest BCUT2D eigenvalue weighted by atomic mass is 32.2. The zero-order chi connectivity index (χ0) is 24.4. The predicted molar refractivity (Wildman–Crippen MR) is 137 cm³/mol. The van der Waals surface area contributed by atoms with Gasteiger partial charge >= 0.3 is 0 Å². The molecule has 3 aromatic carbocycles. The van der Waals surface area contributed by atoms with Crippen molar-refractivity contribution in [2.45, 2.75) is 38.1 Å². The van der Waals surface area contributed by atoms with Crippen LogP contribution in [0.25, 0.3) is 16.6 Å². The van der Waals surface area contributed by atoms with E-state index in [1.807, 2.05) is 44.2 Å². The minimum Gasteiger partial charge on any atom is -0.325 e. The number of thioether (sulfide) groups is 1. The number of anilines is 1. The summed E-state index contributed by atoms with van der Waals surface area (Å²) in [6.45, 7) is 7.16. The first-order valence-electron chi connectivity index (χ1n) is 10.9. The predicted octanol–water partition coefficient (Wildman–Crippen LogP) is 5.32. The van der Waals surface area contributed by atoms with E-state index < -0.39 is 5.25 Å². The first kappa shape index (κ1) is 23.4. The van der Waals surface area contributed by atoms with Crippen LogP contribution in [0.3, 0.4) is 0 Å². The Labute approximate surface area is 202 Å². The molecule has 0 fully saturated rings. The van der Waals surface area contributed by atoms with Gasteiger partial charge in [0.15, 0.2) is 10.9 Å². The van der Waals surface area contributed by atoms with E-state index in [2.05, 4.69) is 5.32 Å². The van der Waals surface area contributed by atoms with Crippen molar-refractivity contribution in [3.05, 3.63) is 93.8 Å². The van der Waals surface area contributed by atoms with E-state index in [1.54, 1.807) is 47.9 Å². The van der Waals surface area contributed by atoms with E-state index in [0.29, 0.717) is 27.3 Å². The zero-order valence-corrected chi connectivity index (χ0v) is 20.3. The molecule has 0 saturated heterocycles. The van der Waals surface area contributed by atoms with Gasteiger partial charge in [-0.05, 0) is 63.1 Å². The second kappa shape index (κ2) is 9.65. The fraction of sp³-hybridized carbons (Fsp3) is 0.185. The van der Waals surface area contributed by atoms with Gasteiger partial charge in [0.2, 0.25) is 5.91 Å². The van der Waals surface area contributed by atoms with E-state index in [-0.39, 0.29) is 17.2 Å². The van der Waals surface area contributed by atoms with Crippen LogP contribution in [0.2, 0.25) is 0 Å². The minimum absolute atomic E-state index is 0.0727. The zero-order valence-electron chi connectivity index (χ0n) is 19.5. The van der Waals surface area contributed by atoms with Gasteiger partial charge in [-0.25, -0.2) is 4.98 Å². The van der Waals surface area contributed by atoms with Crippen molar-refractivity contribution in [2.24, 2.45) is 0 Å². The van der Waals surface area contributed by atoms with E-state index in [1.165, 1.54) is 18.7 Å². The molecule has 6 nitrogen and oxygen atoms in total. The first-order valence-corrected chi connectivity index (χ1v) is 11.8. The standard InChI is InChI=1S/C27H25N3O3S/c1-16-9-7-10-17(2)24(16)30-26(33)22-13-5-6-14-23(22)29-27(30)34-19(4)25(32)28-21-12-8-11-20(15-21)18(3)31/h5-15,19H,1-4H3,(H,28,32). The third kappa shape index (κ3) is 4.65. The van der Waals surface area contributed by atoms with Gasteiger partial charge in [0.1, 0.15) is 0 Å². The Morgan fingerprint density at radius 2 is 1.65 bits per heavy atom. The number of fused-ring (bicyclic) bond motifs is 1. The van der Waals surface area contributed by atoms with Crippen LogP contribution in [0, 0.1) is 13.8 Å². The molecule has 1 N–H and O–H groups in total. The van der Waals surface area contributed by atoms with Gasteiger partial charge in [-0.15, -0.1) is 0 Å². The van der Waals surface area contributed by atoms with Gasteiger partial charge in [0, 0.05) is 11.3 Å². The number of aromatic nitrogens is 2. The lowest BCUT2D eigenvalue weighted by Crippen LogP contribution is -2.27. The fourth-order valence-electron chi connectivity index (χ4n) is 3.82. The highest BCUT2D eigenvalue weighted by molar-refractivity contribution is 8.00. The third-order valence-electron chi connectivity index (χ3n) is 5.60. The van der Waals surface area contributed by atoms with Crippen LogP contribution in [-0.4, -0.2) is 26.5 Å². The van der Waals surface area contributed by atoms with Crippen molar-refractivity contribution < 1.29 is 9.59 Å². The summed E-state index contributed by atoms with van der Waals surface area (Å²) < 4.78 is 1.61. The lowest BCUT2D eigenvalue weighted by Gasteiger charge is -2.19. The van der Waals surface area contributed by atoms with Crippen molar-refractivity contribution in [3.63, 3.8) is 0 Å². The summed E-state index contributed by atoms with van der Waals surface area (Å²) in [4.78, 5) is 43.0. The van der Waals surface area contributed by atoms with Crippen molar-refractivity contribution in [2.75, 3.05) is 5.32 Å². The average Bonchev–Trinajstić information content (AvgIpc) is 2.81. The average molecular weight is 472 g/mol. The summed E-state index contributed by atoms with van der Waals surface area (Å²) in [6, 6.07) is 19.9. The molecule has 0 aliphatic heterocycles. The monoisotopic (exact) mass is 471 g/mol. The maximum absolute atomic E-state index is 13.6. The molecule has 0 radical (unpaired) electrons. The topological polar surface area (TPSA) is 81.1 Å². The summed E-state index contributed by atoms with van der Waals surface area (Å²) in [5, 5.41) is 3.28. The number of benzene rings is 3. The number of nitrogens with one attached hydrogen (secondary N) is 1. The van der Waals surface area contributed by atoms with Crippen molar-refractivity contribution >= 4 is 40.0 Å². The molecule has 4 aromatic rings. The molecule has 0 saturated carbocycles. The maximum Gasteiger partial charge on any atom is 0.266 e. The summed E-state index contributed by atoms with van der Waals surface area (Å²) in [7, 11) is 0. The number of aryl methyl sites for hydroxylation is 2. The molecular weight excluding hydrogens is 446 g/mol. The summed E-state index contributed by atoms with van der Waals surface area (Å²) in [5.74, 6) is -0.322. The second-order valence-corrected chi connectivity index (χ2v) is 9.49. The van der Waals surface area contributed by atoms with Crippen molar-refractivity contribution in [3.8, 4) is 5.69 Å². The Bertz CT molecular complexity index is 1460. The number of carbonyl (C=O) groups is 2. The van der Waals surface area contributed by atoms with Gasteiger partial charge in [-0.1, -0.05) is 54.2 Å². The largest absolute Gasteiger partial charge is 0.325 e. The SMILES string of the molecule is CC(=O)c1cccc(NC(=O)C(C)Sc2nc3ccccc3c(=O)n2-c2c(C)cccc2C)c1. The lowest BCUT2D eigenvalue weighted by atomic mass is 10.1. The Kier molecular flexibility index (Phi) is 6.65. The van der Waals surface area contributed by atoms with Gasteiger partial charge in [-0.2, -0.15) is 0 Å². The Morgan fingerprint density at radius 1 is 0.971 bits per heavy atom. The Balaban J connectivity index is 1.74. The number of ketones is 1. The maximum atomic E-state index is 13.6. The molecule has 1 heterocycles. The number of para-hydroxylation sites is 2. The fourth-order valence-corrected chi connectivity index (χ4v) is 4.73. The van der Waals surface area contributed by atoms with Crippen LogP contribution in [-0.2, 0) is 4.79 Å². The normalized spacial score (nSPS) is 11.9. The smallest absolute Gasteiger partial charge is 0.266 e. The molecule has 1 atom stereocenters. The molecule has 7 heteroatoms. The second-order valence-electron chi connectivity index (χ2n) is 8.18. The van der Waals surface area contributed by atoms with Gasteiger partial charge in [0.05, 0.1) is 21.8 Å². The Hall–Kier alpha value is -3.71. The molecule has 4 rings (SSSR count). The number of hydrogen-bond acceptors (Lipinski definition) is 5. The molecule has 1 amide bonds. The Morgan fingerprint density at radius 3 is 2.35 bits per heavy atom. The molecule has 172 valence electrons. The van der Waals surface area contributed by atoms with E-state index in [9.17, 15) is 14.4 Å². The first-order chi connectivity index (χ1) is 16.3. The molecule has 0 aliphatic carbocycles. The molecule has 34 heavy (non-hydrogen) atoms. The van der Waals surface area contributed by atoms with E-state index in [4.69, 9.17) is 4.98 Å². The molecule has 0 spiro atoms. The van der Waals surface area contributed by atoms with Crippen LogP contribution in [0.4, 0.5) is 5.69 Å². The number of Topliss-reactive ketones (excluding diaryl/α,β-unsaturated/α-hetero) is 1. The number of amides is 1. The van der Waals surface area contributed by atoms with Gasteiger partial charge in [-0.3, -0.25) is 19.0 Å². The van der Waals surface area contributed by atoms with E-state index in [0.717, 1.165) is 16.8 Å². The third-order valence-corrected chi connectivity index (χ3v) is 6.65. The van der Waals surface area contributed by atoms with Crippen molar-refractivity contribution in [1.82, 2.24) is 9.55 Å². The quantitative estimate of drug-likeness (QED) is 0.234. The van der Waals surface area contributed by atoms with Crippen molar-refractivity contribution in [1.29, 1.82) is 0 Å².